The van der Waals surface area contributed by atoms with Crippen molar-refractivity contribution < 1.29 is 37.3 Å². The molecule has 0 heterocycles. The van der Waals surface area contributed by atoms with Gasteiger partial charge in [-0.3, -0.25) is 18.6 Å². The fourth-order valence-corrected chi connectivity index (χ4v) is 9.03. The number of nitrogens with one attached hydrogen (secondary N) is 1. The highest BCUT2D eigenvalue weighted by Crippen LogP contribution is 2.43. The number of hydrogen-bond donors (Lipinski definition) is 2. The van der Waals surface area contributed by atoms with Crippen LogP contribution in [0.1, 0.15) is 252 Å². The number of rotatable bonds is 54. The molecule has 0 saturated carbocycles. The largest absolute Gasteiger partial charge is 0.472 e. The number of hydrogen-bond acceptors (Lipinski definition) is 6. The Morgan fingerprint density at radius 2 is 0.853 bits per heavy atom. The fraction of sp³-hybridized carbons (Fsp3) is 0.723. The summed E-state index contributed by atoms with van der Waals surface area (Å²) < 4.78 is 30.6. The molecule has 3 atom stereocenters. The van der Waals surface area contributed by atoms with E-state index in [2.05, 4.69) is 111 Å². The Morgan fingerprint density at radius 3 is 1.31 bits per heavy atom. The van der Waals surface area contributed by atoms with Crippen molar-refractivity contribution in [1.29, 1.82) is 0 Å². The monoisotopic (exact) mass is 1070 g/mol. The number of nitrogens with zero attached hydrogens (tertiary/aromatic N) is 1. The second-order valence-corrected chi connectivity index (χ2v) is 22.9. The number of likely N-dealkylation sites (N-methyl/N-ethyl adjacent to an activating group) is 1. The molecule has 0 saturated heterocycles. The van der Waals surface area contributed by atoms with Crippen LogP contribution < -0.4 is 5.32 Å². The lowest BCUT2D eigenvalue weighted by Crippen LogP contribution is -2.47. The van der Waals surface area contributed by atoms with Gasteiger partial charge in [0.05, 0.1) is 33.8 Å². The molecule has 0 bridgehead atoms. The minimum Gasteiger partial charge on any atom is -0.456 e. The van der Waals surface area contributed by atoms with E-state index in [0.717, 1.165) is 116 Å². The predicted molar refractivity (Wildman–Crippen MR) is 323 cm³/mol. The summed E-state index contributed by atoms with van der Waals surface area (Å²) >= 11 is 0. The van der Waals surface area contributed by atoms with Gasteiger partial charge in [-0.2, -0.15) is 0 Å². The number of carbonyl (C=O) groups is 2. The van der Waals surface area contributed by atoms with Crippen LogP contribution in [0.2, 0.25) is 0 Å². The molecule has 0 rings (SSSR count). The van der Waals surface area contributed by atoms with E-state index in [9.17, 15) is 19.0 Å². The van der Waals surface area contributed by atoms with Gasteiger partial charge < -0.3 is 19.4 Å². The Bertz CT molecular complexity index is 1610. The van der Waals surface area contributed by atoms with Gasteiger partial charge in [0.2, 0.25) is 5.91 Å². The summed E-state index contributed by atoms with van der Waals surface area (Å²) in [5.41, 5.74) is 0. The number of amides is 1. The lowest BCUT2D eigenvalue weighted by Gasteiger charge is -2.27. The summed E-state index contributed by atoms with van der Waals surface area (Å²) in [6, 6.07) is -0.871. The zero-order valence-corrected chi connectivity index (χ0v) is 50.2. The molecule has 0 spiro atoms. The van der Waals surface area contributed by atoms with Crippen LogP contribution in [-0.2, 0) is 27.9 Å². The van der Waals surface area contributed by atoms with Crippen LogP contribution in [0.3, 0.4) is 0 Å². The van der Waals surface area contributed by atoms with E-state index in [4.69, 9.17) is 13.8 Å². The molecule has 0 aromatic carbocycles. The Morgan fingerprint density at radius 1 is 0.480 bits per heavy atom. The Kier molecular flexibility index (Phi) is 52.1. The minimum absolute atomic E-state index is 0.0290. The van der Waals surface area contributed by atoms with E-state index in [0.29, 0.717) is 23.9 Å². The molecule has 0 radical (unpaired) electrons. The normalized spacial score (nSPS) is 14.4. The fourth-order valence-electron chi connectivity index (χ4n) is 8.29. The van der Waals surface area contributed by atoms with Crippen molar-refractivity contribution in [1.82, 2.24) is 5.32 Å². The maximum absolute atomic E-state index is 13.5. The number of quaternary nitrogens is 1. The summed E-state index contributed by atoms with van der Waals surface area (Å²) in [6.07, 6.45) is 72.6. The Hall–Kier alpha value is -3.07. The topological polar surface area (TPSA) is 111 Å². The highest BCUT2D eigenvalue weighted by Gasteiger charge is 2.30. The second kappa shape index (κ2) is 54.3. The molecule has 0 aliphatic carbocycles. The van der Waals surface area contributed by atoms with Gasteiger partial charge in [-0.25, -0.2) is 4.57 Å². The first kappa shape index (κ1) is 71.9. The Balaban J connectivity index is 5.33. The van der Waals surface area contributed by atoms with Crippen molar-refractivity contribution in [3.05, 3.63) is 97.2 Å². The zero-order chi connectivity index (χ0) is 55.0. The van der Waals surface area contributed by atoms with Crippen LogP contribution in [0.5, 0.6) is 0 Å². The third-order valence-electron chi connectivity index (χ3n) is 13.0. The quantitative estimate of drug-likeness (QED) is 0.0205. The molecule has 1 amide bonds. The lowest BCUT2D eigenvalue weighted by atomic mass is 10.0. The van der Waals surface area contributed by atoms with Crippen molar-refractivity contribution in [2.75, 3.05) is 40.9 Å². The highest BCUT2D eigenvalue weighted by atomic mass is 31.2. The molecule has 0 aliphatic rings. The molecule has 75 heavy (non-hydrogen) atoms. The Labute approximate surface area is 462 Å². The minimum atomic E-state index is -4.46. The van der Waals surface area contributed by atoms with E-state index in [1.807, 2.05) is 33.3 Å². The SMILES string of the molecule is CC/C=C\C/C=C\C/C=C\C/C=C\C/C=C\C/C=C\CCCCCCC(=O)OC(/C=C\CCCCCCCCCCCCC)C(COP(=O)(O)OCC[N+](C)(C)C)NC(=O)CCCCC/C=C\CCCCCCCC. The van der Waals surface area contributed by atoms with Gasteiger partial charge in [0.25, 0.3) is 0 Å². The standard InChI is InChI=1S/C65H115N2O7P/c1-7-10-13-16-19-22-25-28-29-30-31-32-33-34-35-36-37-40-43-46-49-52-55-58-65(69)74-63(56-53-50-47-44-41-38-26-23-20-17-14-11-8-2)62(61-73-75(70,71)72-60-59-67(4,5)6)66-64(68)57-54-51-48-45-42-39-27-24-21-18-15-12-9-3/h10,13,19,22,28-29,31-32,34-35,37,39-40,42,53,56,62-63H,7-9,11-12,14-18,20-21,23-27,30,33,36,38,41,43-52,54-55,57-61H2,1-6H3,(H-,66,68,70,71)/p+1/b13-10-,22-19-,29-28-,32-31-,35-34-,40-37-,42-39-,56-53-. The van der Waals surface area contributed by atoms with Gasteiger partial charge in [-0.15, -0.1) is 0 Å². The summed E-state index contributed by atoms with van der Waals surface area (Å²) in [5.74, 6) is -0.556. The smallest absolute Gasteiger partial charge is 0.456 e. The third kappa shape index (κ3) is 55.5. The van der Waals surface area contributed by atoms with E-state index >= 15 is 0 Å². The zero-order valence-electron chi connectivity index (χ0n) is 49.3. The number of allylic oxidation sites excluding steroid dienone is 15. The van der Waals surface area contributed by atoms with Crippen LogP contribution in [0.4, 0.5) is 0 Å². The summed E-state index contributed by atoms with van der Waals surface area (Å²) in [5, 5.41) is 3.03. The van der Waals surface area contributed by atoms with Crippen LogP contribution in [0.25, 0.3) is 0 Å². The molecule has 0 aromatic heterocycles. The molecule has 9 nitrogen and oxygen atoms in total. The summed E-state index contributed by atoms with van der Waals surface area (Å²) in [7, 11) is 1.46. The molecular weight excluding hydrogens is 952 g/mol. The summed E-state index contributed by atoms with van der Waals surface area (Å²) in [4.78, 5) is 37.6. The average Bonchev–Trinajstić information content (AvgIpc) is 3.37. The number of phosphoric ester groups is 1. The van der Waals surface area contributed by atoms with Gasteiger partial charge in [-0.1, -0.05) is 227 Å². The first-order chi connectivity index (χ1) is 36.4. The van der Waals surface area contributed by atoms with Gasteiger partial charge in [0.1, 0.15) is 19.3 Å². The molecule has 2 N–H and O–H groups in total. The number of carbonyl (C=O) groups excluding carboxylic acids is 2. The third-order valence-corrected chi connectivity index (χ3v) is 14.0. The van der Waals surface area contributed by atoms with Crippen LogP contribution >= 0.6 is 7.82 Å². The number of unbranched alkanes of at least 4 members (excludes halogenated alkanes) is 24. The molecule has 0 aliphatic heterocycles. The highest BCUT2D eigenvalue weighted by molar-refractivity contribution is 7.47. The van der Waals surface area contributed by atoms with Crippen molar-refractivity contribution in [3.8, 4) is 0 Å². The van der Waals surface area contributed by atoms with Crippen molar-refractivity contribution in [2.45, 2.75) is 264 Å². The molecule has 10 heteroatoms. The van der Waals surface area contributed by atoms with Gasteiger partial charge in [0, 0.05) is 12.8 Å². The number of ether oxygens (including phenoxy) is 1. The predicted octanol–water partition coefficient (Wildman–Crippen LogP) is 18.8. The summed E-state index contributed by atoms with van der Waals surface area (Å²) in [6.45, 7) is 6.85. The van der Waals surface area contributed by atoms with Crippen molar-refractivity contribution in [3.63, 3.8) is 0 Å². The van der Waals surface area contributed by atoms with E-state index in [1.54, 1.807) is 0 Å². The van der Waals surface area contributed by atoms with Crippen LogP contribution in [0, 0.1) is 0 Å². The molecule has 0 fully saturated rings. The van der Waals surface area contributed by atoms with E-state index < -0.39 is 20.0 Å². The molecule has 432 valence electrons. The lowest BCUT2D eigenvalue weighted by molar-refractivity contribution is -0.870. The van der Waals surface area contributed by atoms with Crippen molar-refractivity contribution in [2.24, 2.45) is 0 Å². The number of phosphoric acid groups is 1. The maximum atomic E-state index is 13.5. The molecule has 0 aromatic rings. The number of esters is 1. The van der Waals surface area contributed by atoms with Gasteiger partial charge >= 0.3 is 13.8 Å². The second-order valence-electron chi connectivity index (χ2n) is 21.5. The maximum Gasteiger partial charge on any atom is 0.472 e. The van der Waals surface area contributed by atoms with Crippen LogP contribution in [0.15, 0.2) is 97.2 Å². The molecule has 3 unspecified atom stereocenters. The molecular formula is C65H116N2O7P+. The first-order valence-electron chi connectivity index (χ1n) is 30.6. The van der Waals surface area contributed by atoms with E-state index in [1.165, 1.54) is 96.3 Å². The van der Waals surface area contributed by atoms with E-state index in [-0.39, 0.29) is 31.5 Å². The average molecular weight is 1070 g/mol. The first-order valence-corrected chi connectivity index (χ1v) is 32.1. The van der Waals surface area contributed by atoms with Gasteiger partial charge in [-0.05, 0) is 109 Å². The van der Waals surface area contributed by atoms with Crippen LogP contribution in [-0.4, -0.2) is 74.3 Å². The van der Waals surface area contributed by atoms with Gasteiger partial charge in [0.15, 0.2) is 0 Å². The van der Waals surface area contributed by atoms with Crippen molar-refractivity contribution >= 4 is 19.7 Å².